The molecule has 284 valence electrons. The maximum atomic E-state index is 13.8. The first kappa shape index (κ1) is 40.5. The summed E-state index contributed by atoms with van der Waals surface area (Å²) in [6.45, 7) is 13.5. The molecular weight excluding hydrogens is 700 g/mol. The minimum absolute atomic E-state index is 0.00363. The standard InChI is InChI=1S/C39H42N4O11/c1-7-31(44)40-13-15-53-38(51)29(17-21(3)4)42-34(47)25-11-9-23(19-27(25)36(42)49)33(46)24-10-12-26-28(20-24)37(50)43(35(26)48)30(18-22(5)6)39(52)54-16-14-41-32(45)8-2/h7-12,19-22,29-30H,1-2,13-18H2,3-6H3,(H,40,44)(H,41,45). The van der Waals surface area contributed by atoms with E-state index in [1.807, 2.05) is 0 Å². The molecular formula is C39H42N4O11. The minimum Gasteiger partial charge on any atom is -0.462 e. The summed E-state index contributed by atoms with van der Waals surface area (Å²) < 4.78 is 10.6. The lowest BCUT2D eigenvalue weighted by Gasteiger charge is -2.26. The first-order valence-corrected chi connectivity index (χ1v) is 17.3. The van der Waals surface area contributed by atoms with Gasteiger partial charge in [0.1, 0.15) is 25.3 Å². The Kier molecular flexibility index (Phi) is 13.1. The van der Waals surface area contributed by atoms with Crippen molar-refractivity contribution in [1.29, 1.82) is 0 Å². The number of imide groups is 2. The van der Waals surface area contributed by atoms with E-state index >= 15 is 0 Å². The van der Waals surface area contributed by atoms with E-state index in [-0.39, 0.29) is 84.4 Å². The van der Waals surface area contributed by atoms with Crippen LogP contribution in [0.2, 0.25) is 0 Å². The van der Waals surface area contributed by atoms with Gasteiger partial charge in [-0.15, -0.1) is 0 Å². The number of amides is 6. The molecule has 6 amide bonds. The molecule has 15 heteroatoms. The monoisotopic (exact) mass is 742 g/mol. The van der Waals surface area contributed by atoms with Crippen molar-refractivity contribution in [1.82, 2.24) is 20.4 Å². The molecule has 0 fully saturated rings. The fraction of sp³-hybridized carbons (Fsp3) is 0.359. The summed E-state index contributed by atoms with van der Waals surface area (Å²) in [6, 6.07) is 5.21. The van der Waals surface area contributed by atoms with Gasteiger partial charge in [-0.2, -0.15) is 0 Å². The van der Waals surface area contributed by atoms with Crippen LogP contribution in [0.25, 0.3) is 0 Å². The van der Waals surface area contributed by atoms with E-state index in [0.717, 1.165) is 22.0 Å². The number of fused-ring (bicyclic) bond motifs is 2. The van der Waals surface area contributed by atoms with Gasteiger partial charge in [0.05, 0.1) is 35.3 Å². The largest absolute Gasteiger partial charge is 0.462 e. The predicted molar refractivity (Wildman–Crippen MR) is 192 cm³/mol. The highest BCUT2D eigenvalue weighted by molar-refractivity contribution is 6.25. The van der Waals surface area contributed by atoms with Gasteiger partial charge in [-0.25, -0.2) is 9.59 Å². The first-order chi connectivity index (χ1) is 25.6. The van der Waals surface area contributed by atoms with E-state index in [4.69, 9.17) is 9.47 Å². The van der Waals surface area contributed by atoms with Gasteiger partial charge in [-0.3, -0.25) is 43.4 Å². The van der Waals surface area contributed by atoms with Gasteiger partial charge in [0.25, 0.3) is 23.6 Å². The SMILES string of the molecule is C=CC(=O)NCCOC(=O)C(CC(C)C)N1C(=O)c2ccc(C(=O)c3ccc4c(c3)C(=O)N(C(CC(C)C)C(=O)OCCNC(=O)C=C)C4=O)cc2C1=O. The zero-order valence-electron chi connectivity index (χ0n) is 30.5. The van der Waals surface area contributed by atoms with Crippen molar-refractivity contribution in [3.8, 4) is 0 Å². The fourth-order valence-electron chi connectivity index (χ4n) is 6.03. The normalized spacial score (nSPS) is 14.4. The topological polar surface area (TPSA) is 203 Å². The van der Waals surface area contributed by atoms with E-state index in [0.29, 0.717) is 0 Å². The first-order valence-electron chi connectivity index (χ1n) is 17.3. The molecule has 4 rings (SSSR count). The maximum absolute atomic E-state index is 13.8. The van der Waals surface area contributed by atoms with Gasteiger partial charge in [-0.1, -0.05) is 53.0 Å². The number of ketones is 1. The smallest absolute Gasteiger partial charge is 0.329 e. The Labute approximate surface area is 311 Å². The molecule has 2 atom stereocenters. The van der Waals surface area contributed by atoms with Crippen molar-refractivity contribution in [3.05, 3.63) is 95.1 Å². The Morgan fingerprint density at radius 1 is 0.611 bits per heavy atom. The van der Waals surface area contributed by atoms with E-state index in [2.05, 4.69) is 23.8 Å². The van der Waals surface area contributed by atoms with Crippen LogP contribution < -0.4 is 10.6 Å². The van der Waals surface area contributed by atoms with Crippen LogP contribution in [0.15, 0.2) is 61.7 Å². The van der Waals surface area contributed by atoms with Crippen molar-refractivity contribution in [2.45, 2.75) is 52.6 Å². The Morgan fingerprint density at radius 2 is 0.963 bits per heavy atom. The fourth-order valence-corrected chi connectivity index (χ4v) is 6.03. The van der Waals surface area contributed by atoms with Crippen molar-refractivity contribution < 1.29 is 52.6 Å². The second kappa shape index (κ2) is 17.5. The van der Waals surface area contributed by atoms with Crippen molar-refractivity contribution in [3.63, 3.8) is 0 Å². The average molecular weight is 743 g/mol. The third-order valence-corrected chi connectivity index (χ3v) is 8.58. The number of ether oxygens (including phenoxy) is 2. The molecule has 2 aromatic rings. The second-order valence-electron chi connectivity index (χ2n) is 13.4. The average Bonchev–Trinajstić information content (AvgIpc) is 3.54. The van der Waals surface area contributed by atoms with Crippen LogP contribution in [-0.4, -0.2) is 101 Å². The Bertz CT molecular complexity index is 1800. The molecule has 2 heterocycles. The number of esters is 2. The van der Waals surface area contributed by atoms with Gasteiger partial charge in [0, 0.05) is 11.1 Å². The van der Waals surface area contributed by atoms with Crippen LogP contribution in [-0.2, 0) is 28.7 Å². The molecule has 0 saturated heterocycles. The lowest BCUT2D eigenvalue weighted by Crippen LogP contribution is -2.46. The van der Waals surface area contributed by atoms with E-state index in [9.17, 15) is 43.2 Å². The van der Waals surface area contributed by atoms with Gasteiger partial charge >= 0.3 is 11.9 Å². The molecule has 54 heavy (non-hydrogen) atoms. The summed E-state index contributed by atoms with van der Waals surface area (Å²) in [4.78, 5) is 119. The lowest BCUT2D eigenvalue weighted by molar-refractivity contribution is -0.149. The van der Waals surface area contributed by atoms with Crippen LogP contribution in [0.5, 0.6) is 0 Å². The molecule has 0 aromatic heterocycles. The lowest BCUT2D eigenvalue weighted by atomic mass is 9.96. The van der Waals surface area contributed by atoms with Gasteiger partial charge in [0.2, 0.25) is 11.8 Å². The number of hydrogen-bond acceptors (Lipinski definition) is 11. The summed E-state index contributed by atoms with van der Waals surface area (Å²) in [5.74, 6) is -6.57. The van der Waals surface area contributed by atoms with Crippen LogP contribution in [0.4, 0.5) is 0 Å². The van der Waals surface area contributed by atoms with Crippen molar-refractivity contribution >= 4 is 53.2 Å². The zero-order valence-corrected chi connectivity index (χ0v) is 30.5. The molecule has 0 saturated carbocycles. The van der Waals surface area contributed by atoms with E-state index < -0.39 is 65.2 Å². The number of carbonyl (C=O) groups is 9. The van der Waals surface area contributed by atoms with Crippen LogP contribution in [0.1, 0.15) is 97.9 Å². The summed E-state index contributed by atoms with van der Waals surface area (Å²) in [6.07, 6.45) is 2.31. The molecule has 2 aromatic carbocycles. The second-order valence-corrected chi connectivity index (χ2v) is 13.4. The van der Waals surface area contributed by atoms with Crippen molar-refractivity contribution in [2.24, 2.45) is 11.8 Å². The molecule has 0 bridgehead atoms. The summed E-state index contributed by atoms with van der Waals surface area (Å²) in [5.41, 5.74) is -0.264. The molecule has 0 aliphatic carbocycles. The Morgan fingerprint density at radius 3 is 1.30 bits per heavy atom. The number of benzene rings is 2. The zero-order chi connectivity index (χ0) is 39.9. The van der Waals surface area contributed by atoms with E-state index in [1.54, 1.807) is 27.7 Å². The van der Waals surface area contributed by atoms with Crippen LogP contribution >= 0.6 is 0 Å². The summed E-state index contributed by atoms with van der Waals surface area (Å²) >= 11 is 0. The summed E-state index contributed by atoms with van der Waals surface area (Å²) in [5, 5.41) is 4.93. The molecule has 2 aliphatic heterocycles. The Balaban J connectivity index is 1.54. The van der Waals surface area contributed by atoms with Gasteiger partial charge in [0.15, 0.2) is 5.78 Å². The number of hydrogen-bond donors (Lipinski definition) is 2. The Hall–Kier alpha value is -6.25. The van der Waals surface area contributed by atoms with Crippen LogP contribution in [0, 0.1) is 11.8 Å². The van der Waals surface area contributed by atoms with Gasteiger partial charge in [-0.05, 0) is 61.1 Å². The molecule has 0 spiro atoms. The number of carbonyl (C=O) groups excluding carboxylic acids is 9. The molecule has 0 radical (unpaired) electrons. The molecule has 2 aliphatic rings. The highest BCUT2D eigenvalue weighted by Crippen LogP contribution is 2.32. The highest BCUT2D eigenvalue weighted by atomic mass is 16.5. The molecule has 2 unspecified atom stereocenters. The molecule has 15 nitrogen and oxygen atoms in total. The minimum atomic E-state index is -1.27. The highest BCUT2D eigenvalue weighted by Gasteiger charge is 2.45. The molecule has 2 N–H and O–H groups in total. The van der Waals surface area contributed by atoms with E-state index in [1.165, 1.54) is 36.4 Å². The summed E-state index contributed by atoms with van der Waals surface area (Å²) in [7, 11) is 0. The van der Waals surface area contributed by atoms with Crippen molar-refractivity contribution in [2.75, 3.05) is 26.3 Å². The predicted octanol–water partition coefficient (Wildman–Crippen LogP) is 2.63. The number of nitrogens with one attached hydrogen (secondary N) is 2. The van der Waals surface area contributed by atoms with Gasteiger partial charge < -0.3 is 20.1 Å². The van der Waals surface area contributed by atoms with Crippen LogP contribution in [0.3, 0.4) is 0 Å². The number of rotatable bonds is 18. The maximum Gasteiger partial charge on any atom is 0.329 e. The quantitative estimate of drug-likeness (QED) is 0.0748. The third kappa shape index (κ3) is 8.85. The third-order valence-electron chi connectivity index (χ3n) is 8.58. The number of nitrogens with zero attached hydrogens (tertiary/aromatic N) is 2.